The summed E-state index contributed by atoms with van der Waals surface area (Å²) in [5.41, 5.74) is 2.31. The lowest BCUT2D eigenvalue weighted by molar-refractivity contribution is -0.113. The number of aromatic nitrogens is 2. The first-order chi connectivity index (χ1) is 14.4. The van der Waals surface area contributed by atoms with Crippen LogP contribution in [0.2, 0.25) is 0 Å². The van der Waals surface area contributed by atoms with Gasteiger partial charge in [-0.25, -0.2) is 4.98 Å². The molecule has 0 fully saturated rings. The fourth-order valence-electron chi connectivity index (χ4n) is 3.64. The van der Waals surface area contributed by atoms with E-state index in [0.717, 1.165) is 47.0 Å². The Kier molecular flexibility index (Phi) is 5.97. The Bertz CT molecular complexity index is 1200. The number of phenols is 1. The van der Waals surface area contributed by atoms with Gasteiger partial charge in [-0.15, -0.1) is 11.3 Å². The highest BCUT2D eigenvalue weighted by atomic mass is 32.2. The predicted octanol–water partition coefficient (Wildman–Crippen LogP) is 4.35. The number of thioether (sulfide) groups is 1. The largest absolute Gasteiger partial charge is 0.506 e. The van der Waals surface area contributed by atoms with E-state index in [1.54, 1.807) is 34.1 Å². The number of anilines is 1. The second-order valence-corrected chi connectivity index (χ2v) is 9.51. The van der Waals surface area contributed by atoms with Crippen LogP contribution in [0, 0.1) is 0 Å². The second kappa shape index (κ2) is 8.65. The Balaban J connectivity index is 1.64. The zero-order valence-corrected chi connectivity index (χ0v) is 18.4. The molecule has 3 aromatic rings. The number of phenolic OH excluding ortho intramolecular Hbond substituents is 1. The molecular weight excluding hydrogens is 418 g/mol. The minimum Gasteiger partial charge on any atom is -0.506 e. The summed E-state index contributed by atoms with van der Waals surface area (Å²) in [4.78, 5) is 32.5. The molecule has 0 spiro atoms. The lowest BCUT2D eigenvalue weighted by Crippen LogP contribution is -2.25. The predicted molar refractivity (Wildman–Crippen MR) is 123 cm³/mol. The summed E-state index contributed by atoms with van der Waals surface area (Å²) in [6, 6.07) is 6.58. The topological polar surface area (TPSA) is 84.2 Å². The molecule has 0 radical (unpaired) electrons. The van der Waals surface area contributed by atoms with E-state index in [4.69, 9.17) is 4.98 Å². The van der Waals surface area contributed by atoms with E-state index in [9.17, 15) is 14.7 Å². The number of rotatable bonds is 6. The molecule has 8 heteroatoms. The van der Waals surface area contributed by atoms with Gasteiger partial charge in [-0.1, -0.05) is 36.0 Å². The van der Waals surface area contributed by atoms with E-state index < -0.39 is 0 Å². The lowest BCUT2D eigenvalue weighted by Gasteiger charge is -2.13. The maximum atomic E-state index is 13.3. The number of hydrogen-bond donors (Lipinski definition) is 2. The van der Waals surface area contributed by atoms with Crippen LogP contribution in [0.3, 0.4) is 0 Å². The van der Waals surface area contributed by atoms with Crippen LogP contribution >= 0.6 is 23.1 Å². The van der Waals surface area contributed by atoms with Crippen molar-refractivity contribution in [3.8, 4) is 5.75 Å². The summed E-state index contributed by atoms with van der Waals surface area (Å²) in [5, 5.41) is 13.8. The van der Waals surface area contributed by atoms with Crippen molar-refractivity contribution in [2.45, 2.75) is 44.3 Å². The van der Waals surface area contributed by atoms with E-state index >= 15 is 0 Å². The Morgan fingerprint density at radius 3 is 2.87 bits per heavy atom. The first-order valence-corrected chi connectivity index (χ1v) is 11.6. The van der Waals surface area contributed by atoms with Gasteiger partial charge in [-0.2, -0.15) is 0 Å². The van der Waals surface area contributed by atoms with Crippen LogP contribution in [0.1, 0.15) is 30.2 Å². The number of benzene rings is 1. The molecule has 2 heterocycles. The van der Waals surface area contributed by atoms with Crippen LogP contribution in [-0.2, 0) is 24.2 Å². The number of aryl methyl sites for hydroxylation is 2. The highest BCUT2D eigenvalue weighted by Crippen LogP contribution is 2.34. The summed E-state index contributed by atoms with van der Waals surface area (Å²) in [5.74, 6) is -0.185. The van der Waals surface area contributed by atoms with Crippen LogP contribution in [-0.4, -0.2) is 26.3 Å². The van der Waals surface area contributed by atoms with Crippen LogP contribution in [0.5, 0.6) is 5.75 Å². The fraction of sp³-hybridized carbons (Fsp3) is 0.318. The number of thiophene rings is 1. The maximum absolute atomic E-state index is 13.3. The Morgan fingerprint density at radius 2 is 2.10 bits per heavy atom. The molecule has 1 aliphatic carbocycles. The molecule has 0 unspecified atom stereocenters. The number of allylic oxidation sites excluding steroid dienone is 1. The van der Waals surface area contributed by atoms with Gasteiger partial charge in [0.2, 0.25) is 5.91 Å². The van der Waals surface area contributed by atoms with Crippen LogP contribution in [0.25, 0.3) is 10.2 Å². The quantitative estimate of drug-likeness (QED) is 0.257. The minimum absolute atomic E-state index is 0.0127. The van der Waals surface area contributed by atoms with Gasteiger partial charge in [0.25, 0.3) is 5.56 Å². The van der Waals surface area contributed by atoms with E-state index in [2.05, 4.69) is 11.9 Å². The third kappa shape index (κ3) is 4.15. The van der Waals surface area contributed by atoms with Crippen molar-refractivity contribution in [1.82, 2.24) is 9.55 Å². The SMILES string of the molecule is C=C(C)Cn1c(SCC(=O)Nc2ccccc2O)nc2sc3c(c2c1=O)CCCC3. The van der Waals surface area contributed by atoms with E-state index in [1.807, 2.05) is 6.92 Å². The number of nitrogens with zero attached hydrogens (tertiary/aromatic N) is 2. The standard InChI is InChI=1S/C22H23N3O3S2/c1-13(2)11-25-21(28)19-14-7-3-6-10-17(14)30-20(19)24-22(25)29-12-18(27)23-15-8-4-5-9-16(15)26/h4-5,8-9,26H,1,3,6-7,10-12H2,2H3,(H,23,27). The molecule has 1 aliphatic rings. The molecule has 0 saturated heterocycles. The summed E-state index contributed by atoms with van der Waals surface area (Å²) in [7, 11) is 0. The molecule has 6 nitrogen and oxygen atoms in total. The molecular formula is C22H23N3O3S2. The average molecular weight is 442 g/mol. The monoisotopic (exact) mass is 441 g/mol. The normalized spacial score (nSPS) is 13.2. The second-order valence-electron chi connectivity index (χ2n) is 7.49. The summed E-state index contributed by atoms with van der Waals surface area (Å²) in [6.45, 7) is 6.19. The molecule has 0 bridgehead atoms. The van der Waals surface area contributed by atoms with Crippen molar-refractivity contribution in [1.29, 1.82) is 0 Å². The Labute approximate surface area is 182 Å². The third-order valence-electron chi connectivity index (χ3n) is 4.98. The molecule has 1 aromatic carbocycles. The van der Waals surface area contributed by atoms with Crippen molar-refractivity contribution in [2.24, 2.45) is 0 Å². The highest BCUT2D eigenvalue weighted by Gasteiger charge is 2.22. The van der Waals surface area contributed by atoms with Crippen LogP contribution < -0.4 is 10.9 Å². The zero-order valence-electron chi connectivity index (χ0n) is 16.7. The van der Waals surface area contributed by atoms with Crippen molar-refractivity contribution in [2.75, 3.05) is 11.1 Å². The molecule has 156 valence electrons. The van der Waals surface area contributed by atoms with Gasteiger partial charge in [0.05, 0.1) is 16.8 Å². The molecule has 1 amide bonds. The summed E-state index contributed by atoms with van der Waals surface area (Å²) in [6.07, 6.45) is 4.17. The van der Waals surface area contributed by atoms with Crippen LogP contribution in [0.15, 0.2) is 46.4 Å². The number of hydrogen-bond acceptors (Lipinski definition) is 6. The van der Waals surface area contributed by atoms with Crippen molar-refractivity contribution < 1.29 is 9.90 Å². The van der Waals surface area contributed by atoms with Gasteiger partial charge >= 0.3 is 0 Å². The molecule has 2 N–H and O–H groups in total. The average Bonchev–Trinajstić information content (AvgIpc) is 3.09. The van der Waals surface area contributed by atoms with Gasteiger partial charge in [0.1, 0.15) is 10.6 Å². The molecule has 2 aromatic heterocycles. The summed E-state index contributed by atoms with van der Waals surface area (Å²) >= 11 is 2.82. The molecule has 0 aliphatic heterocycles. The lowest BCUT2D eigenvalue weighted by atomic mass is 9.97. The van der Waals surface area contributed by atoms with Gasteiger partial charge in [0.15, 0.2) is 5.16 Å². The first kappa shape index (κ1) is 20.7. The number of para-hydroxylation sites is 2. The van der Waals surface area contributed by atoms with Crippen molar-refractivity contribution in [3.63, 3.8) is 0 Å². The van der Waals surface area contributed by atoms with E-state index in [-0.39, 0.29) is 23.0 Å². The Morgan fingerprint density at radius 1 is 1.33 bits per heavy atom. The van der Waals surface area contributed by atoms with Crippen molar-refractivity contribution >= 4 is 44.9 Å². The number of amides is 1. The van der Waals surface area contributed by atoms with Gasteiger partial charge in [-0.3, -0.25) is 14.2 Å². The molecule has 0 atom stereocenters. The van der Waals surface area contributed by atoms with Crippen LogP contribution in [0.4, 0.5) is 5.69 Å². The van der Waals surface area contributed by atoms with Crippen molar-refractivity contribution in [3.05, 3.63) is 57.2 Å². The molecule has 0 saturated carbocycles. The number of fused-ring (bicyclic) bond motifs is 3. The smallest absolute Gasteiger partial charge is 0.263 e. The highest BCUT2D eigenvalue weighted by molar-refractivity contribution is 7.99. The molecule has 4 rings (SSSR count). The number of carbonyl (C=O) groups excluding carboxylic acids is 1. The fourth-order valence-corrected chi connectivity index (χ4v) is 5.74. The number of aromatic hydroxyl groups is 1. The molecule has 30 heavy (non-hydrogen) atoms. The minimum atomic E-state index is -0.275. The maximum Gasteiger partial charge on any atom is 0.263 e. The Hall–Kier alpha value is -2.58. The van der Waals surface area contributed by atoms with Gasteiger partial charge in [-0.05, 0) is 50.3 Å². The number of carbonyl (C=O) groups is 1. The van der Waals surface area contributed by atoms with Gasteiger partial charge < -0.3 is 10.4 Å². The summed E-state index contributed by atoms with van der Waals surface area (Å²) < 4.78 is 1.63. The zero-order chi connectivity index (χ0) is 21.3. The first-order valence-electron chi connectivity index (χ1n) is 9.84. The van der Waals surface area contributed by atoms with E-state index in [1.165, 1.54) is 22.7 Å². The third-order valence-corrected chi connectivity index (χ3v) is 7.14. The van der Waals surface area contributed by atoms with Gasteiger partial charge in [0, 0.05) is 11.4 Å². The number of nitrogens with one attached hydrogen (secondary N) is 1. The van der Waals surface area contributed by atoms with E-state index in [0.29, 0.717) is 17.4 Å².